The molecule has 1 aromatic heterocycles. The molecule has 0 spiro atoms. The van der Waals surface area contributed by atoms with Gasteiger partial charge >= 0.3 is 0 Å². The molecular weight excluding hydrogens is 218 g/mol. The number of thiazole rings is 1. The van der Waals surface area contributed by atoms with Gasteiger partial charge in [0.15, 0.2) is 0 Å². The number of benzene rings is 1. The van der Waals surface area contributed by atoms with Gasteiger partial charge in [0.1, 0.15) is 0 Å². The van der Waals surface area contributed by atoms with Crippen LogP contribution in [0.15, 0.2) is 24.3 Å². The Kier molecular flexibility index (Phi) is 3.36. The molecule has 0 atom stereocenters. The van der Waals surface area contributed by atoms with Gasteiger partial charge in [0.2, 0.25) is 0 Å². The molecule has 0 saturated carbocycles. The third kappa shape index (κ3) is 2.31. The molecule has 2 rings (SSSR count). The van der Waals surface area contributed by atoms with Gasteiger partial charge in [0.05, 0.1) is 10.7 Å². The van der Waals surface area contributed by atoms with Crippen molar-refractivity contribution < 1.29 is 5.11 Å². The highest BCUT2D eigenvalue weighted by atomic mass is 32.1. The molecule has 1 aromatic carbocycles. The van der Waals surface area contributed by atoms with E-state index in [1.165, 1.54) is 10.4 Å². The predicted molar refractivity (Wildman–Crippen MR) is 67.8 cm³/mol. The Bertz CT molecular complexity index is 490. The Balaban J connectivity index is 2.40. The van der Waals surface area contributed by atoms with E-state index >= 15 is 0 Å². The summed E-state index contributed by atoms with van der Waals surface area (Å²) in [6.07, 6.45) is 0.650. The minimum Gasteiger partial charge on any atom is -0.396 e. The summed E-state index contributed by atoms with van der Waals surface area (Å²) in [5.74, 6) is 0. The lowest BCUT2D eigenvalue weighted by molar-refractivity contribution is 0.299. The molecule has 1 heterocycles. The molecule has 2 aromatic rings. The second-order valence-electron chi connectivity index (χ2n) is 3.86. The van der Waals surface area contributed by atoms with Gasteiger partial charge in [-0.2, -0.15) is 0 Å². The van der Waals surface area contributed by atoms with Crippen LogP contribution in [0.25, 0.3) is 11.3 Å². The third-order valence-corrected chi connectivity index (χ3v) is 3.49. The lowest BCUT2D eigenvalue weighted by Gasteiger charge is -1.99. The van der Waals surface area contributed by atoms with Crippen molar-refractivity contribution in [1.29, 1.82) is 0 Å². The maximum atomic E-state index is 8.90. The Morgan fingerprint density at radius 3 is 2.81 bits per heavy atom. The minimum atomic E-state index is 0.167. The van der Waals surface area contributed by atoms with Crippen LogP contribution in [0.1, 0.15) is 15.4 Å². The van der Waals surface area contributed by atoms with Gasteiger partial charge in [0, 0.05) is 23.5 Å². The number of rotatable bonds is 3. The summed E-state index contributed by atoms with van der Waals surface area (Å²) in [5, 5.41) is 9.91. The fourth-order valence-electron chi connectivity index (χ4n) is 1.71. The van der Waals surface area contributed by atoms with E-state index in [1.54, 1.807) is 11.3 Å². The first kappa shape index (κ1) is 11.3. The largest absolute Gasteiger partial charge is 0.396 e. The highest BCUT2D eigenvalue weighted by Gasteiger charge is 2.09. The molecular formula is C13H15NOS. The van der Waals surface area contributed by atoms with Crippen molar-refractivity contribution in [2.45, 2.75) is 20.3 Å². The molecule has 0 bridgehead atoms. The Labute approximate surface area is 99.6 Å². The van der Waals surface area contributed by atoms with E-state index in [-0.39, 0.29) is 6.61 Å². The lowest BCUT2D eigenvalue weighted by Crippen LogP contribution is -1.89. The van der Waals surface area contributed by atoms with Crippen LogP contribution in [0.4, 0.5) is 0 Å². The van der Waals surface area contributed by atoms with Crippen molar-refractivity contribution in [3.63, 3.8) is 0 Å². The first-order valence-electron chi connectivity index (χ1n) is 5.35. The topological polar surface area (TPSA) is 33.1 Å². The summed E-state index contributed by atoms with van der Waals surface area (Å²) >= 11 is 1.67. The van der Waals surface area contributed by atoms with E-state index in [0.29, 0.717) is 6.42 Å². The molecule has 0 aliphatic heterocycles. The zero-order valence-electron chi connectivity index (χ0n) is 9.53. The number of nitrogens with zero attached hydrogens (tertiary/aromatic N) is 1. The summed E-state index contributed by atoms with van der Waals surface area (Å²) in [5.41, 5.74) is 3.46. The molecule has 1 N–H and O–H groups in total. The van der Waals surface area contributed by atoms with Gasteiger partial charge in [0.25, 0.3) is 0 Å². The zero-order chi connectivity index (χ0) is 11.5. The van der Waals surface area contributed by atoms with E-state index < -0.39 is 0 Å². The monoisotopic (exact) mass is 233 g/mol. The van der Waals surface area contributed by atoms with E-state index in [0.717, 1.165) is 16.3 Å². The van der Waals surface area contributed by atoms with Crippen molar-refractivity contribution in [3.05, 3.63) is 39.7 Å². The van der Waals surface area contributed by atoms with Gasteiger partial charge in [-0.1, -0.05) is 23.8 Å². The number of aliphatic hydroxyl groups is 1. The van der Waals surface area contributed by atoms with Crippen molar-refractivity contribution in [1.82, 2.24) is 4.98 Å². The van der Waals surface area contributed by atoms with E-state index in [2.05, 4.69) is 43.1 Å². The molecule has 0 unspecified atom stereocenters. The molecule has 16 heavy (non-hydrogen) atoms. The van der Waals surface area contributed by atoms with E-state index in [9.17, 15) is 0 Å². The van der Waals surface area contributed by atoms with E-state index in [1.807, 2.05) is 0 Å². The van der Waals surface area contributed by atoms with Crippen LogP contribution in [0.2, 0.25) is 0 Å². The first-order chi connectivity index (χ1) is 7.70. The summed E-state index contributed by atoms with van der Waals surface area (Å²) in [6, 6.07) is 8.36. The summed E-state index contributed by atoms with van der Waals surface area (Å²) in [4.78, 5) is 5.79. The number of aryl methyl sites for hydroxylation is 2. The van der Waals surface area contributed by atoms with Gasteiger partial charge in [-0.15, -0.1) is 11.3 Å². The highest BCUT2D eigenvalue weighted by Crippen LogP contribution is 2.28. The molecule has 0 aliphatic rings. The predicted octanol–water partition coefficient (Wildman–Crippen LogP) is 2.96. The van der Waals surface area contributed by atoms with Gasteiger partial charge in [-0.25, -0.2) is 4.98 Å². The number of hydrogen-bond acceptors (Lipinski definition) is 3. The molecule has 0 fully saturated rings. The normalized spacial score (nSPS) is 10.7. The fraction of sp³-hybridized carbons (Fsp3) is 0.308. The van der Waals surface area contributed by atoms with Crippen molar-refractivity contribution in [2.24, 2.45) is 0 Å². The Morgan fingerprint density at radius 2 is 2.12 bits per heavy atom. The van der Waals surface area contributed by atoms with Crippen molar-refractivity contribution in [2.75, 3.05) is 6.61 Å². The van der Waals surface area contributed by atoms with Crippen LogP contribution in [0, 0.1) is 13.8 Å². The standard InChI is InChI=1S/C13H15NOS/c1-9-4-3-5-11(8-9)13-10(2)16-12(14-13)6-7-15/h3-5,8,15H,6-7H2,1-2H3. The van der Waals surface area contributed by atoms with Crippen LogP contribution in [-0.4, -0.2) is 16.7 Å². The maximum absolute atomic E-state index is 8.90. The average molecular weight is 233 g/mol. The van der Waals surface area contributed by atoms with E-state index in [4.69, 9.17) is 5.11 Å². The first-order valence-corrected chi connectivity index (χ1v) is 6.16. The second kappa shape index (κ2) is 4.76. The molecule has 0 radical (unpaired) electrons. The maximum Gasteiger partial charge on any atom is 0.0958 e. The minimum absolute atomic E-state index is 0.167. The average Bonchev–Trinajstić information content (AvgIpc) is 2.60. The number of aliphatic hydroxyl groups excluding tert-OH is 1. The molecule has 2 nitrogen and oxygen atoms in total. The van der Waals surface area contributed by atoms with Gasteiger partial charge in [-0.05, 0) is 19.9 Å². The SMILES string of the molecule is Cc1cccc(-c2nc(CCO)sc2C)c1. The van der Waals surface area contributed by atoms with Crippen LogP contribution >= 0.6 is 11.3 Å². The highest BCUT2D eigenvalue weighted by molar-refractivity contribution is 7.12. The summed E-state index contributed by atoms with van der Waals surface area (Å²) in [7, 11) is 0. The Hall–Kier alpha value is -1.19. The van der Waals surface area contributed by atoms with Crippen molar-refractivity contribution in [3.8, 4) is 11.3 Å². The molecule has 0 aliphatic carbocycles. The molecule has 0 amide bonds. The Morgan fingerprint density at radius 1 is 1.31 bits per heavy atom. The molecule has 3 heteroatoms. The third-order valence-electron chi connectivity index (χ3n) is 2.46. The van der Waals surface area contributed by atoms with Crippen molar-refractivity contribution >= 4 is 11.3 Å². The van der Waals surface area contributed by atoms with Crippen LogP contribution in [-0.2, 0) is 6.42 Å². The quantitative estimate of drug-likeness (QED) is 0.884. The second-order valence-corrected chi connectivity index (χ2v) is 5.14. The molecule has 84 valence electrons. The summed E-state index contributed by atoms with van der Waals surface area (Å²) < 4.78 is 0. The smallest absolute Gasteiger partial charge is 0.0958 e. The van der Waals surface area contributed by atoms with Crippen LogP contribution in [0.3, 0.4) is 0 Å². The fourth-order valence-corrected chi connectivity index (χ4v) is 2.66. The van der Waals surface area contributed by atoms with Crippen LogP contribution in [0.5, 0.6) is 0 Å². The zero-order valence-corrected chi connectivity index (χ0v) is 10.3. The number of aromatic nitrogens is 1. The van der Waals surface area contributed by atoms with Gasteiger partial charge in [-0.3, -0.25) is 0 Å². The van der Waals surface area contributed by atoms with Crippen LogP contribution < -0.4 is 0 Å². The van der Waals surface area contributed by atoms with Gasteiger partial charge < -0.3 is 5.11 Å². The summed E-state index contributed by atoms with van der Waals surface area (Å²) in [6.45, 7) is 4.33. The lowest BCUT2D eigenvalue weighted by atomic mass is 10.1. The number of hydrogen-bond donors (Lipinski definition) is 1. The molecule has 0 saturated heterocycles.